The second kappa shape index (κ2) is 3.14. The lowest BCUT2D eigenvalue weighted by Crippen LogP contribution is -1.94. The molecule has 1 aromatic rings. The van der Waals surface area contributed by atoms with E-state index in [0.29, 0.717) is 0 Å². The van der Waals surface area contributed by atoms with E-state index in [1.807, 2.05) is 26.1 Å². The van der Waals surface area contributed by atoms with Crippen LogP contribution in [0.5, 0.6) is 0 Å². The van der Waals surface area contributed by atoms with Crippen molar-refractivity contribution in [2.45, 2.75) is 13.8 Å². The Morgan fingerprint density at radius 2 is 2.45 bits per heavy atom. The molecule has 0 aliphatic heterocycles. The van der Waals surface area contributed by atoms with E-state index < -0.39 is 0 Å². The van der Waals surface area contributed by atoms with Crippen molar-refractivity contribution in [2.75, 3.05) is 0 Å². The summed E-state index contributed by atoms with van der Waals surface area (Å²) in [5, 5.41) is 7.74. The molecule has 58 valence electrons. The first-order chi connectivity index (χ1) is 5.27. The van der Waals surface area contributed by atoms with Gasteiger partial charge in [0.2, 0.25) is 0 Å². The molecule has 11 heavy (non-hydrogen) atoms. The Kier molecular flexibility index (Phi) is 2.21. The summed E-state index contributed by atoms with van der Waals surface area (Å²) >= 11 is 0. The van der Waals surface area contributed by atoms with Crippen molar-refractivity contribution >= 4 is 5.70 Å². The summed E-state index contributed by atoms with van der Waals surface area (Å²) in [7, 11) is 0. The summed E-state index contributed by atoms with van der Waals surface area (Å²) in [4.78, 5) is 0. The van der Waals surface area contributed by atoms with E-state index in [4.69, 9.17) is 0 Å². The SMILES string of the molecule is C=C/C(=C\C)n1cc(C)nn1. The maximum atomic E-state index is 3.88. The van der Waals surface area contributed by atoms with Crippen LogP contribution in [0.3, 0.4) is 0 Å². The molecule has 0 radical (unpaired) electrons. The number of aromatic nitrogens is 3. The van der Waals surface area contributed by atoms with Gasteiger partial charge in [0.25, 0.3) is 0 Å². The monoisotopic (exact) mass is 149 g/mol. The van der Waals surface area contributed by atoms with Gasteiger partial charge < -0.3 is 0 Å². The lowest BCUT2D eigenvalue weighted by molar-refractivity contribution is 0.820. The Hall–Kier alpha value is -1.38. The van der Waals surface area contributed by atoms with Crippen LogP contribution in [0.25, 0.3) is 5.70 Å². The van der Waals surface area contributed by atoms with Gasteiger partial charge in [0.05, 0.1) is 17.6 Å². The van der Waals surface area contributed by atoms with Crippen LogP contribution in [0.2, 0.25) is 0 Å². The van der Waals surface area contributed by atoms with Gasteiger partial charge in [-0.3, -0.25) is 0 Å². The highest BCUT2D eigenvalue weighted by molar-refractivity contribution is 5.54. The predicted octanol–water partition coefficient (Wildman–Crippen LogP) is 1.63. The molecule has 0 unspecified atom stereocenters. The summed E-state index contributed by atoms with van der Waals surface area (Å²) < 4.78 is 1.70. The van der Waals surface area contributed by atoms with E-state index in [9.17, 15) is 0 Å². The first-order valence-electron chi connectivity index (χ1n) is 3.46. The molecule has 0 spiro atoms. The van der Waals surface area contributed by atoms with Gasteiger partial charge in [-0.05, 0) is 19.9 Å². The Labute approximate surface area is 66.0 Å². The van der Waals surface area contributed by atoms with E-state index in [2.05, 4.69) is 16.9 Å². The highest BCUT2D eigenvalue weighted by Crippen LogP contribution is 2.02. The van der Waals surface area contributed by atoms with Crippen LogP contribution in [-0.2, 0) is 0 Å². The summed E-state index contributed by atoms with van der Waals surface area (Å²) in [5.74, 6) is 0. The molecular formula is C8H11N3. The van der Waals surface area contributed by atoms with Crippen molar-refractivity contribution in [1.82, 2.24) is 15.0 Å². The summed E-state index contributed by atoms with van der Waals surface area (Å²) in [6, 6.07) is 0. The van der Waals surface area contributed by atoms with Crippen molar-refractivity contribution in [3.63, 3.8) is 0 Å². The summed E-state index contributed by atoms with van der Waals surface area (Å²) in [5.41, 5.74) is 1.86. The van der Waals surface area contributed by atoms with Gasteiger partial charge in [-0.2, -0.15) is 0 Å². The second-order valence-electron chi connectivity index (χ2n) is 2.22. The third kappa shape index (κ3) is 1.55. The van der Waals surface area contributed by atoms with Crippen LogP contribution in [0.4, 0.5) is 0 Å². The van der Waals surface area contributed by atoms with Gasteiger partial charge in [0.1, 0.15) is 0 Å². The highest BCUT2D eigenvalue weighted by Gasteiger charge is 1.95. The minimum absolute atomic E-state index is 0.909. The summed E-state index contributed by atoms with van der Waals surface area (Å²) in [6.07, 6.45) is 5.53. The van der Waals surface area contributed by atoms with Gasteiger partial charge in [0.15, 0.2) is 0 Å². The van der Waals surface area contributed by atoms with Crippen molar-refractivity contribution in [1.29, 1.82) is 0 Å². The van der Waals surface area contributed by atoms with E-state index in [1.165, 1.54) is 0 Å². The van der Waals surface area contributed by atoms with Crippen molar-refractivity contribution in [3.05, 3.63) is 30.6 Å². The van der Waals surface area contributed by atoms with Gasteiger partial charge in [-0.25, -0.2) is 4.68 Å². The third-order valence-electron chi connectivity index (χ3n) is 1.38. The van der Waals surface area contributed by atoms with Crippen LogP contribution in [0.15, 0.2) is 24.9 Å². The zero-order chi connectivity index (χ0) is 8.27. The molecule has 3 nitrogen and oxygen atoms in total. The smallest absolute Gasteiger partial charge is 0.0800 e. The molecule has 0 saturated heterocycles. The average molecular weight is 149 g/mol. The van der Waals surface area contributed by atoms with E-state index in [-0.39, 0.29) is 0 Å². The highest BCUT2D eigenvalue weighted by atomic mass is 15.4. The number of allylic oxidation sites excluding steroid dienone is 3. The van der Waals surface area contributed by atoms with E-state index in [1.54, 1.807) is 10.8 Å². The molecule has 0 aromatic carbocycles. The molecule has 0 N–H and O–H groups in total. The zero-order valence-corrected chi connectivity index (χ0v) is 6.78. The van der Waals surface area contributed by atoms with Crippen molar-refractivity contribution in [3.8, 4) is 0 Å². The molecule has 0 bridgehead atoms. The Morgan fingerprint density at radius 3 is 2.82 bits per heavy atom. The molecule has 0 fully saturated rings. The zero-order valence-electron chi connectivity index (χ0n) is 6.78. The van der Waals surface area contributed by atoms with Gasteiger partial charge in [-0.15, -0.1) is 5.10 Å². The fourth-order valence-corrected chi connectivity index (χ4v) is 0.817. The lowest BCUT2D eigenvalue weighted by Gasteiger charge is -1.96. The van der Waals surface area contributed by atoms with Crippen LogP contribution in [0, 0.1) is 6.92 Å². The number of rotatable bonds is 2. The predicted molar refractivity (Wildman–Crippen MR) is 44.9 cm³/mol. The van der Waals surface area contributed by atoms with Crippen LogP contribution in [-0.4, -0.2) is 15.0 Å². The quantitative estimate of drug-likeness (QED) is 0.598. The van der Waals surface area contributed by atoms with Crippen LogP contribution in [0.1, 0.15) is 12.6 Å². The van der Waals surface area contributed by atoms with Crippen molar-refractivity contribution < 1.29 is 0 Å². The molecular weight excluding hydrogens is 138 g/mol. The first kappa shape index (κ1) is 7.72. The molecule has 0 aliphatic rings. The molecule has 3 heteroatoms. The normalized spacial score (nSPS) is 11.6. The van der Waals surface area contributed by atoms with Gasteiger partial charge in [-0.1, -0.05) is 17.9 Å². The molecule has 1 aromatic heterocycles. The molecule has 1 rings (SSSR count). The Bertz CT molecular complexity index is 283. The van der Waals surface area contributed by atoms with Gasteiger partial charge in [0, 0.05) is 0 Å². The molecule has 1 heterocycles. The maximum Gasteiger partial charge on any atom is 0.0800 e. The van der Waals surface area contributed by atoms with Crippen molar-refractivity contribution in [2.24, 2.45) is 0 Å². The standard InChI is InChI=1S/C8H11N3/c1-4-8(5-2)11-6-7(3)9-10-11/h4-6H,1H2,2-3H3/b8-5+. The topological polar surface area (TPSA) is 30.7 Å². The van der Waals surface area contributed by atoms with E-state index in [0.717, 1.165) is 11.4 Å². The average Bonchev–Trinajstić information content (AvgIpc) is 2.39. The lowest BCUT2D eigenvalue weighted by atomic mass is 10.4. The number of nitrogens with zero attached hydrogens (tertiary/aromatic N) is 3. The second-order valence-corrected chi connectivity index (χ2v) is 2.22. The number of hydrogen-bond acceptors (Lipinski definition) is 2. The Balaban J connectivity index is 3.00. The number of aryl methyl sites for hydroxylation is 1. The molecule has 0 atom stereocenters. The summed E-state index contributed by atoms with van der Waals surface area (Å²) in [6.45, 7) is 7.50. The van der Waals surface area contributed by atoms with E-state index >= 15 is 0 Å². The fourth-order valence-electron chi connectivity index (χ4n) is 0.817. The minimum atomic E-state index is 0.909. The van der Waals surface area contributed by atoms with Gasteiger partial charge >= 0.3 is 0 Å². The third-order valence-corrected chi connectivity index (χ3v) is 1.38. The molecule has 0 amide bonds. The van der Waals surface area contributed by atoms with Crippen LogP contribution >= 0.6 is 0 Å². The number of hydrogen-bond donors (Lipinski definition) is 0. The largest absolute Gasteiger partial charge is 0.221 e. The molecule has 0 aliphatic carbocycles. The fraction of sp³-hybridized carbons (Fsp3) is 0.250. The first-order valence-corrected chi connectivity index (χ1v) is 3.46. The Morgan fingerprint density at radius 1 is 1.73 bits per heavy atom. The maximum absolute atomic E-state index is 3.88. The molecule has 0 saturated carbocycles. The van der Waals surface area contributed by atoms with Crippen LogP contribution < -0.4 is 0 Å². The minimum Gasteiger partial charge on any atom is -0.221 e.